The molecule has 0 saturated carbocycles. The molecule has 0 bridgehead atoms. The number of nitrogen functional groups attached to an aromatic ring is 2. The predicted molar refractivity (Wildman–Crippen MR) is 84.2 cm³/mol. The SMILES string of the molecule is C=[N+](O)/C(CC)=C1\C(=O)c2c(N)ccc(N)c2C(=O)\C1=C\C. The lowest BCUT2D eigenvalue weighted by molar-refractivity contribution is -0.733. The van der Waals surface area contributed by atoms with Crippen LogP contribution in [0, 0.1) is 0 Å². The summed E-state index contributed by atoms with van der Waals surface area (Å²) in [7, 11) is 0. The first-order valence-electron chi connectivity index (χ1n) is 6.81. The van der Waals surface area contributed by atoms with Crippen molar-refractivity contribution in [2.75, 3.05) is 11.5 Å². The topological polar surface area (TPSA) is 109 Å². The van der Waals surface area contributed by atoms with E-state index in [1.807, 2.05) is 0 Å². The number of anilines is 2. The summed E-state index contributed by atoms with van der Waals surface area (Å²) in [4.78, 5) is 25.6. The molecule has 0 aromatic heterocycles. The van der Waals surface area contributed by atoms with Gasteiger partial charge < -0.3 is 11.5 Å². The van der Waals surface area contributed by atoms with E-state index in [0.717, 1.165) is 0 Å². The number of rotatable bonds is 2. The lowest BCUT2D eigenvalue weighted by Crippen LogP contribution is -2.28. The van der Waals surface area contributed by atoms with Crippen molar-refractivity contribution in [3.05, 3.63) is 46.2 Å². The summed E-state index contributed by atoms with van der Waals surface area (Å²) < 4.78 is 0.609. The third-order valence-corrected chi connectivity index (χ3v) is 3.69. The van der Waals surface area contributed by atoms with Crippen LogP contribution in [0.15, 0.2) is 35.1 Å². The van der Waals surface area contributed by atoms with Crippen LogP contribution >= 0.6 is 0 Å². The zero-order valence-corrected chi connectivity index (χ0v) is 12.5. The molecule has 5 N–H and O–H groups in total. The van der Waals surface area contributed by atoms with E-state index < -0.39 is 5.78 Å². The van der Waals surface area contributed by atoms with E-state index in [4.69, 9.17) is 11.5 Å². The van der Waals surface area contributed by atoms with Crippen molar-refractivity contribution < 1.29 is 19.5 Å². The van der Waals surface area contributed by atoms with E-state index in [9.17, 15) is 14.8 Å². The summed E-state index contributed by atoms with van der Waals surface area (Å²) in [6, 6.07) is 2.99. The Morgan fingerprint density at radius 3 is 2.14 bits per heavy atom. The Morgan fingerprint density at radius 2 is 1.73 bits per heavy atom. The highest BCUT2D eigenvalue weighted by atomic mass is 16.5. The van der Waals surface area contributed by atoms with Gasteiger partial charge in [-0.3, -0.25) is 14.8 Å². The number of allylic oxidation sites excluding steroid dienone is 4. The molecule has 6 nitrogen and oxygen atoms in total. The molecule has 0 fully saturated rings. The Bertz CT molecular complexity index is 773. The molecule has 2 rings (SSSR count). The second-order valence-corrected chi connectivity index (χ2v) is 4.93. The van der Waals surface area contributed by atoms with Gasteiger partial charge in [0.25, 0.3) is 0 Å². The first-order chi connectivity index (χ1) is 10.3. The summed E-state index contributed by atoms with van der Waals surface area (Å²) in [6.07, 6.45) is 1.85. The van der Waals surface area contributed by atoms with Crippen LogP contribution in [0.1, 0.15) is 41.0 Å². The minimum atomic E-state index is -0.438. The molecular weight excluding hydrogens is 282 g/mol. The van der Waals surface area contributed by atoms with Gasteiger partial charge in [-0.2, -0.15) is 0 Å². The van der Waals surface area contributed by atoms with Crippen molar-refractivity contribution in [2.45, 2.75) is 20.3 Å². The number of Topliss-reactive ketones (excluding diaryl/α,β-unsaturated/α-hetero) is 2. The third kappa shape index (κ3) is 2.09. The van der Waals surface area contributed by atoms with Gasteiger partial charge >= 0.3 is 0 Å². The lowest BCUT2D eigenvalue weighted by atomic mass is 9.79. The predicted octanol–water partition coefficient (Wildman–Crippen LogP) is 1.94. The quantitative estimate of drug-likeness (QED) is 0.193. The Hall–Kier alpha value is -2.89. The molecule has 1 aromatic carbocycles. The molecule has 114 valence electrons. The maximum Gasteiger partial charge on any atom is 0.244 e. The number of carbonyl (C=O) groups is 2. The summed E-state index contributed by atoms with van der Waals surface area (Å²) in [6.45, 7) is 6.79. The fourth-order valence-corrected chi connectivity index (χ4v) is 2.67. The van der Waals surface area contributed by atoms with Crippen LogP contribution < -0.4 is 11.5 Å². The molecule has 6 heteroatoms. The van der Waals surface area contributed by atoms with Crippen LogP contribution in [0.2, 0.25) is 0 Å². The number of ketones is 2. The maximum atomic E-state index is 12.9. The highest BCUT2D eigenvalue weighted by Gasteiger charge is 2.39. The Kier molecular flexibility index (Phi) is 3.86. The molecule has 0 unspecified atom stereocenters. The molecule has 0 saturated heterocycles. The molecule has 0 spiro atoms. The minimum Gasteiger partial charge on any atom is -0.398 e. The number of nitrogens with zero attached hydrogens (tertiary/aromatic N) is 1. The molecule has 1 aliphatic rings. The minimum absolute atomic E-state index is 0.0819. The molecule has 22 heavy (non-hydrogen) atoms. The van der Waals surface area contributed by atoms with Crippen molar-refractivity contribution in [3.8, 4) is 0 Å². The fourth-order valence-electron chi connectivity index (χ4n) is 2.67. The van der Waals surface area contributed by atoms with Crippen LogP contribution in [-0.2, 0) is 0 Å². The van der Waals surface area contributed by atoms with Gasteiger partial charge in [0, 0.05) is 23.4 Å². The molecule has 0 radical (unpaired) electrons. The average molecular weight is 300 g/mol. The van der Waals surface area contributed by atoms with E-state index in [0.29, 0.717) is 11.2 Å². The molecule has 1 aromatic rings. The van der Waals surface area contributed by atoms with E-state index in [1.165, 1.54) is 18.2 Å². The number of benzene rings is 1. The zero-order valence-electron chi connectivity index (χ0n) is 12.5. The Balaban J connectivity index is 2.93. The first-order valence-corrected chi connectivity index (χ1v) is 6.81. The van der Waals surface area contributed by atoms with Gasteiger partial charge in [-0.25, -0.2) is 0 Å². The molecule has 0 heterocycles. The van der Waals surface area contributed by atoms with E-state index >= 15 is 0 Å². The van der Waals surface area contributed by atoms with Gasteiger partial charge in [0.15, 0.2) is 12.5 Å². The fraction of sp³-hybridized carbons (Fsp3) is 0.188. The first kappa shape index (κ1) is 15.5. The normalized spacial score (nSPS) is 18.4. The summed E-state index contributed by atoms with van der Waals surface area (Å²) in [5.74, 6) is -0.822. The standard InChI is InChI=1S/C16H17N3O3/c1-4-8-12(11(5-2)19(3)22)16(21)14-10(18)7-6-9(17)13(14)15(8)20/h4,6-7H,3,5H2,1-2H3,(H4-,17,18,20,21,22)/p+1/b8-4+,12-11-. The van der Waals surface area contributed by atoms with Crippen molar-refractivity contribution in [1.82, 2.24) is 0 Å². The number of nitrogens with two attached hydrogens (primary N) is 2. The van der Waals surface area contributed by atoms with E-state index in [-0.39, 0.29) is 45.1 Å². The van der Waals surface area contributed by atoms with Gasteiger partial charge in [0.2, 0.25) is 11.5 Å². The maximum absolute atomic E-state index is 12.9. The van der Waals surface area contributed by atoms with Gasteiger partial charge in [-0.15, -0.1) is 0 Å². The monoisotopic (exact) mass is 300 g/mol. The average Bonchev–Trinajstić information content (AvgIpc) is 2.47. The second kappa shape index (κ2) is 5.48. The highest BCUT2D eigenvalue weighted by Crippen LogP contribution is 2.37. The molecular formula is C16H18N3O3+. The lowest BCUT2D eigenvalue weighted by Gasteiger charge is -2.22. The largest absolute Gasteiger partial charge is 0.398 e. The summed E-state index contributed by atoms with van der Waals surface area (Å²) in [5.41, 5.74) is 12.8. The van der Waals surface area contributed by atoms with Gasteiger partial charge in [-0.1, -0.05) is 13.0 Å². The third-order valence-electron chi connectivity index (χ3n) is 3.69. The number of hydrogen-bond acceptors (Lipinski definition) is 5. The van der Waals surface area contributed by atoms with Gasteiger partial charge in [-0.05, 0) is 23.8 Å². The summed E-state index contributed by atoms with van der Waals surface area (Å²) >= 11 is 0. The van der Waals surface area contributed by atoms with Crippen molar-refractivity contribution in [1.29, 1.82) is 0 Å². The highest BCUT2D eigenvalue weighted by molar-refractivity contribution is 6.34. The van der Waals surface area contributed by atoms with Crippen molar-refractivity contribution in [3.63, 3.8) is 0 Å². The number of fused-ring (bicyclic) bond motifs is 1. The molecule has 0 aliphatic heterocycles. The Morgan fingerprint density at radius 1 is 1.23 bits per heavy atom. The number of hydroxylamine groups is 1. The zero-order chi connectivity index (χ0) is 16.6. The molecule has 0 atom stereocenters. The van der Waals surface area contributed by atoms with Crippen LogP contribution in [0.25, 0.3) is 0 Å². The Labute approximate surface area is 128 Å². The molecule has 1 aliphatic carbocycles. The van der Waals surface area contributed by atoms with Crippen LogP contribution in [0.3, 0.4) is 0 Å². The van der Waals surface area contributed by atoms with Crippen LogP contribution in [-0.4, -0.2) is 28.2 Å². The molecule has 0 amide bonds. The van der Waals surface area contributed by atoms with Gasteiger partial charge in [0.1, 0.15) is 5.57 Å². The van der Waals surface area contributed by atoms with Gasteiger partial charge in [0.05, 0.1) is 11.1 Å². The van der Waals surface area contributed by atoms with Crippen molar-refractivity contribution >= 4 is 29.7 Å². The van der Waals surface area contributed by atoms with E-state index in [1.54, 1.807) is 13.8 Å². The van der Waals surface area contributed by atoms with Crippen LogP contribution in [0.4, 0.5) is 11.4 Å². The summed E-state index contributed by atoms with van der Waals surface area (Å²) in [5, 5.41) is 9.67. The smallest absolute Gasteiger partial charge is 0.244 e. The van der Waals surface area contributed by atoms with Crippen LogP contribution in [0.5, 0.6) is 0 Å². The van der Waals surface area contributed by atoms with Crippen molar-refractivity contribution in [2.24, 2.45) is 0 Å². The number of carbonyl (C=O) groups excluding carboxylic acids is 2. The number of hydrogen-bond donors (Lipinski definition) is 3. The second-order valence-electron chi connectivity index (χ2n) is 4.93. The van der Waals surface area contributed by atoms with E-state index in [2.05, 4.69) is 6.72 Å².